The van der Waals surface area contributed by atoms with Crippen LogP contribution in [0.1, 0.15) is 48.3 Å². The van der Waals surface area contributed by atoms with Gasteiger partial charge in [0.2, 0.25) is 5.91 Å². The molecule has 38 heavy (non-hydrogen) atoms. The van der Waals surface area contributed by atoms with Gasteiger partial charge in [0.05, 0.1) is 22.6 Å². The molecule has 0 saturated carbocycles. The maximum absolute atomic E-state index is 13.5. The molecule has 0 unspecified atom stereocenters. The number of nitro groups is 1. The summed E-state index contributed by atoms with van der Waals surface area (Å²) >= 11 is 1.09. The van der Waals surface area contributed by atoms with Crippen molar-refractivity contribution in [1.29, 1.82) is 0 Å². The van der Waals surface area contributed by atoms with Crippen molar-refractivity contribution < 1.29 is 19.2 Å². The molecule has 2 aromatic heterocycles. The SMILES string of the molecule is CCOC(=O)c1nn(-c2ccc(C(C)C)cc2)c(=O)c2c(NC(=O)/C=C/c3ccc([N+](=O)[O-])cc3)scc12. The Bertz CT molecular complexity index is 1600. The minimum absolute atomic E-state index is 0.0347. The summed E-state index contributed by atoms with van der Waals surface area (Å²) < 4.78 is 6.30. The van der Waals surface area contributed by atoms with Gasteiger partial charge in [-0.3, -0.25) is 19.7 Å². The molecule has 0 aliphatic carbocycles. The van der Waals surface area contributed by atoms with Crippen molar-refractivity contribution >= 4 is 50.8 Å². The summed E-state index contributed by atoms with van der Waals surface area (Å²) in [6, 6.07) is 13.0. The third kappa shape index (κ3) is 5.52. The molecule has 0 saturated heterocycles. The predicted octanol–water partition coefficient (Wildman–Crippen LogP) is 5.31. The molecule has 1 N–H and O–H groups in total. The summed E-state index contributed by atoms with van der Waals surface area (Å²) in [6.45, 7) is 5.92. The Morgan fingerprint density at radius 1 is 1.16 bits per heavy atom. The molecular formula is C27H24N4O6S. The molecule has 194 valence electrons. The highest BCUT2D eigenvalue weighted by atomic mass is 32.1. The summed E-state index contributed by atoms with van der Waals surface area (Å²) in [5, 5.41) is 20.1. The summed E-state index contributed by atoms with van der Waals surface area (Å²) in [6.07, 6.45) is 2.75. The maximum atomic E-state index is 13.5. The fraction of sp³-hybridized carbons (Fsp3) is 0.185. The van der Waals surface area contributed by atoms with E-state index in [2.05, 4.69) is 24.3 Å². The van der Waals surface area contributed by atoms with Crippen molar-refractivity contribution in [2.75, 3.05) is 11.9 Å². The van der Waals surface area contributed by atoms with E-state index in [0.717, 1.165) is 21.6 Å². The number of thiophene rings is 1. The number of fused-ring (bicyclic) bond motifs is 1. The van der Waals surface area contributed by atoms with Crippen LogP contribution in [0.15, 0.2) is 64.8 Å². The molecule has 0 atom stereocenters. The number of carbonyl (C=O) groups excluding carboxylic acids is 2. The third-order valence-electron chi connectivity index (χ3n) is 5.69. The minimum atomic E-state index is -0.682. The molecule has 0 radical (unpaired) electrons. The number of nitro benzene ring substituents is 1. The molecule has 0 spiro atoms. The second-order valence-corrected chi connectivity index (χ2v) is 9.44. The first-order chi connectivity index (χ1) is 18.2. The minimum Gasteiger partial charge on any atom is -0.461 e. The molecule has 10 nitrogen and oxygen atoms in total. The van der Waals surface area contributed by atoms with Crippen molar-refractivity contribution in [3.05, 3.63) is 97.3 Å². The van der Waals surface area contributed by atoms with Crippen LogP contribution in [0.4, 0.5) is 10.7 Å². The summed E-state index contributed by atoms with van der Waals surface area (Å²) in [7, 11) is 0. The number of carbonyl (C=O) groups is 2. The second kappa shape index (κ2) is 11.2. The molecule has 2 aromatic carbocycles. The smallest absolute Gasteiger partial charge is 0.359 e. The van der Waals surface area contributed by atoms with E-state index in [-0.39, 0.29) is 33.8 Å². The molecule has 0 fully saturated rings. The van der Waals surface area contributed by atoms with Gasteiger partial charge >= 0.3 is 5.97 Å². The van der Waals surface area contributed by atoms with Crippen LogP contribution in [0.2, 0.25) is 0 Å². The van der Waals surface area contributed by atoms with Crippen molar-refractivity contribution in [2.24, 2.45) is 0 Å². The molecule has 1 amide bonds. The average molecular weight is 533 g/mol. The molecular weight excluding hydrogens is 508 g/mol. The Balaban J connectivity index is 1.72. The fourth-order valence-electron chi connectivity index (χ4n) is 3.70. The van der Waals surface area contributed by atoms with Gasteiger partial charge in [0.1, 0.15) is 5.00 Å². The number of benzene rings is 2. The number of nitrogens with zero attached hydrogens (tertiary/aromatic N) is 3. The Kier molecular flexibility index (Phi) is 7.77. The standard InChI is InChI=1S/C27H24N4O6S/c1-4-37-27(34)24-21-15-38-25(28-22(32)14-7-17-5-10-20(11-6-17)31(35)36)23(21)26(33)30(29-24)19-12-8-18(9-13-19)16(2)3/h5-16H,4H2,1-3H3,(H,28,32)/b14-7+. The van der Waals surface area contributed by atoms with E-state index in [0.29, 0.717) is 17.2 Å². The molecule has 4 aromatic rings. The quantitative estimate of drug-likeness (QED) is 0.141. The van der Waals surface area contributed by atoms with E-state index in [1.165, 1.54) is 36.4 Å². The number of ether oxygens (including phenoxy) is 1. The van der Waals surface area contributed by atoms with Gasteiger partial charge in [0.15, 0.2) is 5.69 Å². The zero-order valence-electron chi connectivity index (χ0n) is 20.8. The van der Waals surface area contributed by atoms with Gasteiger partial charge in [-0.1, -0.05) is 26.0 Å². The number of non-ortho nitro benzene ring substituents is 1. The van der Waals surface area contributed by atoms with Crippen LogP contribution in [0.3, 0.4) is 0 Å². The normalized spacial score (nSPS) is 11.3. The summed E-state index contributed by atoms with van der Waals surface area (Å²) in [5.41, 5.74) is 1.54. The average Bonchev–Trinajstić information content (AvgIpc) is 3.32. The second-order valence-electron chi connectivity index (χ2n) is 8.56. The number of nitrogens with one attached hydrogen (secondary N) is 1. The molecule has 11 heteroatoms. The van der Waals surface area contributed by atoms with Gasteiger partial charge in [-0.15, -0.1) is 11.3 Å². The van der Waals surface area contributed by atoms with E-state index < -0.39 is 22.4 Å². The van der Waals surface area contributed by atoms with Crippen LogP contribution in [-0.2, 0) is 9.53 Å². The monoisotopic (exact) mass is 532 g/mol. The Labute approximate surface area is 221 Å². The highest BCUT2D eigenvalue weighted by Crippen LogP contribution is 2.31. The topological polar surface area (TPSA) is 133 Å². The van der Waals surface area contributed by atoms with Crippen LogP contribution in [-0.4, -0.2) is 33.2 Å². The van der Waals surface area contributed by atoms with Crippen LogP contribution in [0.25, 0.3) is 22.5 Å². The fourth-order valence-corrected chi connectivity index (χ4v) is 4.64. The molecule has 4 rings (SSSR count). The van der Waals surface area contributed by atoms with Crippen LogP contribution >= 0.6 is 11.3 Å². The van der Waals surface area contributed by atoms with E-state index in [1.807, 2.05) is 12.1 Å². The number of anilines is 1. The van der Waals surface area contributed by atoms with Gasteiger partial charge in [-0.25, -0.2) is 4.79 Å². The number of hydrogen-bond donors (Lipinski definition) is 1. The highest BCUT2D eigenvalue weighted by molar-refractivity contribution is 7.16. The Morgan fingerprint density at radius 3 is 2.45 bits per heavy atom. The largest absolute Gasteiger partial charge is 0.461 e. The first-order valence-corrected chi connectivity index (χ1v) is 12.6. The summed E-state index contributed by atoms with van der Waals surface area (Å²) in [5.74, 6) is -0.906. The van der Waals surface area contributed by atoms with Crippen LogP contribution in [0, 0.1) is 10.1 Å². The first kappa shape index (κ1) is 26.4. The van der Waals surface area contributed by atoms with Gasteiger partial charge in [-0.05, 0) is 54.3 Å². The number of aromatic nitrogens is 2. The maximum Gasteiger partial charge on any atom is 0.359 e. The van der Waals surface area contributed by atoms with Crippen LogP contribution < -0.4 is 10.9 Å². The summed E-state index contributed by atoms with van der Waals surface area (Å²) in [4.78, 5) is 49.2. The lowest BCUT2D eigenvalue weighted by Crippen LogP contribution is -2.25. The third-order valence-corrected chi connectivity index (χ3v) is 6.59. The Hall–Kier alpha value is -4.64. The van der Waals surface area contributed by atoms with E-state index in [4.69, 9.17) is 4.74 Å². The molecule has 0 bridgehead atoms. The van der Waals surface area contributed by atoms with Gasteiger partial charge < -0.3 is 10.1 Å². The lowest BCUT2D eigenvalue weighted by molar-refractivity contribution is -0.384. The van der Waals surface area contributed by atoms with Crippen molar-refractivity contribution in [3.8, 4) is 5.69 Å². The number of hydrogen-bond acceptors (Lipinski definition) is 8. The van der Waals surface area contributed by atoms with Gasteiger partial charge in [0, 0.05) is 29.0 Å². The molecule has 0 aliphatic rings. The van der Waals surface area contributed by atoms with Crippen LogP contribution in [0.5, 0.6) is 0 Å². The van der Waals surface area contributed by atoms with E-state index in [9.17, 15) is 24.5 Å². The number of esters is 1. The molecule has 2 heterocycles. The van der Waals surface area contributed by atoms with E-state index in [1.54, 1.807) is 24.4 Å². The van der Waals surface area contributed by atoms with Crippen molar-refractivity contribution in [3.63, 3.8) is 0 Å². The van der Waals surface area contributed by atoms with Crippen molar-refractivity contribution in [2.45, 2.75) is 26.7 Å². The first-order valence-electron chi connectivity index (χ1n) is 11.7. The van der Waals surface area contributed by atoms with Crippen molar-refractivity contribution in [1.82, 2.24) is 9.78 Å². The van der Waals surface area contributed by atoms with Gasteiger partial charge in [0.25, 0.3) is 11.2 Å². The highest BCUT2D eigenvalue weighted by Gasteiger charge is 2.23. The number of amides is 1. The predicted molar refractivity (Wildman–Crippen MR) is 146 cm³/mol. The molecule has 0 aliphatic heterocycles. The Morgan fingerprint density at radius 2 is 1.84 bits per heavy atom. The zero-order chi connectivity index (χ0) is 27.4. The zero-order valence-corrected chi connectivity index (χ0v) is 21.7. The van der Waals surface area contributed by atoms with Gasteiger partial charge in [-0.2, -0.15) is 9.78 Å². The lowest BCUT2D eigenvalue weighted by Gasteiger charge is -2.11. The number of rotatable bonds is 8. The van der Waals surface area contributed by atoms with E-state index >= 15 is 0 Å². The lowest BCUT2D eigenvalue weighted by atomic mass is 10.0.